The number of likely N-dealkylation sites (tertiary alicyclic amines) is 1. The van der Waals surface area contributed by atoms with Crippen LogP contribution in [-0.4, -0.2) is 58.4 Å². The van der Waals surface area contributed by atoms with Gasteiger partial charge in [0.1, 0.15) is 0 Å². The number of H-pyrrole nitrogens is 1. The van der Waals surface area contributed by atoms with Crippen molar-refractivity contribution in [3.05, 3.63) is 36.0 Å². The monoisotopic (exact) mass is 299 g/mol. The minimum atomic E-state index is -0.616. The molecular formula is C15H13N3O4. The average Bonchev–Trinajstić information content (AvgIpc) is 3.03. The molecule has 0 unspecified atom stereocenters. The molecule has 0 radical (unpaired) electrons. The zero-order chi connectivity index (χ0) is 15.3. The van der Waals surface area contributed by atoms with Crippen molar-refractivity contribution in [3.63, 3.8) is 0 Å². The average molecular weight is 299 g/mol. The van der Waals surface area contributed by atoms with E-state index in [0.717, 1.165) is 15.8 Å². The second-order valence-corrected chi connectivity index (χ2v) is 5.43. The lowest BCUT2D eigenvalue weighted by molar-refractivity contribution is -0.129. The fourth-order valence-electron chi connectivity index (χ4n) is 2.92. The maximum atomic E-state index is 12.5. The number of imide groups is 1. The smallest absolute Gasteiger partial charge is 0.417 e. The van der Waals surface area contributed by atoms with Gasteiger partial charge in [0.15, 0.2) is 6.61 Å². The van der Waals surface area contributed by atoms with E-state index in [9.17, 15) is 14.4 Å². The van der Waals surface area contributed by atoms with Crippen LogP contribution >= 0.6 is 0 Å². The van der Waals surface area contributed by atoms with Crippen LogP contribution < -0.4 is 0 Å². The molecule has 1 aromatic heterocycles. The molecular weight excluding hydrogens is 286 g/mol. The van der Waals surface area contributed by atoms with Gasteiger partial charge in [0.25, 0.3) is 11.8 Å². The summed E-state index contributed by atoms with van der Waals surface area (Å²) in [5.74, 6) is -0.442. The predicted octanol–water partition coefficient (Wildman–Crippen LogP) is 0.971. The van der Waals surface area contributed by atoms with Crippen LogP contribution in [0.5, 0.6) is 0 Å². The molecule has 4 rings (SSSR count). The quantitative estimate of drug-likeness (QED) is 0.895. The summed E-state index contributed by atoms with van der Waals surface area (Å²) in [5.41, 5.74) is 1.51. The molecule has 1 aromatic carbocycles. The molecule has 0 spiro atoms. The number of nitrogens with one attached hydrogen (secondary N) is 1. The summed E-state index contributed by atoms with van der Waals surface area (Å²) in [6, 6.07) is 7.29. The van der Waals surface area contributed by atoms with Crippen LogP contribution in [0.1, 0.15) is 10.4 Å². The number of hydrogen-bond donors (Lipinski definition) is 1. The normalized spacial score (nSPS) is 18.7. The van der Waals surface area contributed by atoms with Crippen molar-refractivity contribution in [1.82, 2.24) is 14.8 Å². The number of amides is 3. The van der Waals surface area contributed by atoms with Crippen molar-refractivity contribution in [2.45, 2.75) is 6.04 Å². The van der Waals surface area contributed by atoms with Crippen molar-refractivity contribution < 1.29 is 19.1 Å². The summed E-state index contributed by atoms with van der Waals surface area (Å²) < 4.78 is 4.69. The Bertz CT molecular complexity index is 775. The molecule has 0 aliphatic carbocycles. The van der Waals surface area contributed by atoms with Crippen LogP contribution in [0.15, 0.2) is 30.5 Å². The number of cyclic esters (lactones) is 1. The van der Waals surface area contributed by atoms with Crippen molar-refractivity contribution >= 4 is 28.8 Å². The summed E-state index contributed by atoms with van der Waals surface area (Å²) in [6.45, 7) is 0.490. The fraction of sp³-hybridized carbons (Fsp3) is 0.267. The maximum absolute atomic E-state index is 12.5. The van der Waals surface area contributed by atoms with E-state index in [2.05, 4.69) is 9.72 Å². The van der Waals surface area contributed by atoms with E-state index in [1.807, 2.05) is 24.3 Å². The van der Waals surface area contributed by atoms with E-state index in [1.54, 1.807) is 11.1 Å². The lowest BCUT2D eigenvalue weighted by Crippen LogP contribution is -2.62. The second kappa shape index (κ2) is 4.59. The van der Waals surface area contributed by atoms with Crippen LogP contribution in [0.3, 0.4) is 0 Å². The Morgan fingerprint density at radius 1 is 1.23 bits per heavy atom. The van der Waals surface area contributed by atoms with Gasteiger partial charge in [-0.2, -0.15) is 0 Å². The summed E-state index contributed by atoms with van der Waals surface area (Å²) in [4.78, 5) is 41.4. The number of aromatic amines is 1. The number of carbonyl (C=O) groups excluding carboxylic acids is 3. The number of ether oxygens (including phenoxy) is 1. The Balaban J connectivity index is 1.50. The number of carbonyl (C=O) groups is 3. The highest BCUT2D eigenvalue weighted by Gasteiger charge is 2.44. The zero-order valence-electron chi connectivity index (χ0n) is 11.6. The van der Waals surface area contributed by atoms with Crippen LogP contribution in [0, 0.1) is 0 Å². The highest BCUT2D eigenvalue weighted by Crippen LogP contribution is 2.25. The van der Waals surface area contributed by atoms with Crippen LogP contribution in [0.25, 0.3) is 10.9 Å². The van der Waals surface area contributed by atoms with Crippen LogP contribution in [0.4, 0.5) is 4.79 Å². The molecule has 2 fully saturated rings. The third kappa shape index (κ3) is 1.78. The molecule has 1 N–H and O–H groups in total. The zero-order valence-corrected chi connectivity index (χ0v) is 11.6. The molecule has 2 aromatic rings. The van der Waals surface area contributed by atoms with E-state index in [0.29, 0.717) is 18.7 Å². The van der Waals surface area contributed by atoms with Crippen molar-refractivity contribution in [3.8, 4) is 0 Å². The number of nitrogens with zero attached hydrogens (tertiary/aromatic N) is 2. The largest absolute Gasteiger partial charge is 0.439 e. The number of aromatic nitrogens is 1. The van der Waals surface area contributed by atoms with Gasteiger partial charge in [-0.05, 0) is 6.07 Å². The van der Waals surface area contributed by atoms with E-state index in [1.165, 1.54) is 0 Å². The molecule has 2 saturated heterocycles. The van der Waals surface area contributed by atoms with Gasteiger partial charge >= 0.3 is 6.09 Å². The fourth-order valence-corrected chi connectivity index (χ4v) is 2.92. The number of benzene rings is 1. The van der Waals surface area contributed by atoms with Crippen LogP contribution in [-0.2, 0) is 9.53 Å². The summed E-state index contributed by atoms with van der Waals surface area (Å²) in [7, 11) is 0. The van der Waals surface area contributed by atoms with Crippen molar-refractivity contribution in [2.24, 2.45) is 0 Å². The molecule has 0 saturated carbocycles. The lowest BCUT2D eigenvalue weighted by Gasteiger charge is -2.41. The number of hydrogen-bond acceptors (Lipinski definition) is 4. The third-order valence-electron chi connectivity index (χ3n) is 4.12. The molecule has 2 aliphatic rings. The topological polar surface area (TPSA) is 82.7 Å². The Kier molecular flexibility index (Phi) is 2.69. The van der Waals surface area contributed by atoms with E-state index in [-0.39, 0.29) is 24.5 Å². The molecule has 3 amide bonds. The lowest BCUT2D eigenvalue weighted by atomic mass is 10.0. The maximum Gasteiger partial charge on any atom is 0.417 e. The van der Waals surface area contributed by atoms with Gasteiger partial charge in [0, 0.05) is 30.2 Å². The van der Waals surface area contributed by atoms with E-state index >= 15 is 0 Å². The molecule has 3 heterocycles. The van der Waals surface area contributed by atoms with Gasteiger partial charge < -0.3 is 14.6 Å². The van der Waals surface area contributed by atoms with Crippen LogP contribution in [0.2, 0.25) is 0 Å². The second-order valence-electron chi connectivity index (χ2n) is 5.43. The first kappa shape index (κ1) is 12.9. The van der Waals surface area contributed by atoms with Crippen molar-refractivity contribution in [1.29, 1.82) is 0 Å². The molecule has 7 nitrogen and oxygen atoms in total. The van der Waals surface area contributed by atoms with Gasteiger partial charge in [-0.15, -0.1) is 0 Å². The summed E-state index contributed by atoms with van der Waals surface area (Å²) >= 11 is 0. The molecule has 22 heavy (non-hydrogen) atoms. The van der Waals surface area contributed by atoms with Gasteiger partial charge in [-0.1, -0.05) is 18.2 Å². The standard InChI is InChI=1S/C15H13N3O4/c19-13-8-22-15(21)18(13)9-6-17(7-9)14(20)11-5-16-12-4-2-1-3-10(11)12/h1-5,9,16H,6-8H2. The third-order valence-corrected chi connectivity index (χ3v) is 4.12. The summed E-state index contributed by atoms with van der Waals surface area (Å²) in [6.07, 6.45) is 1.07. The SMILES string of the molecule is O=C(c1c[nH]c2ccccc12)N1CC(N2C(=O)COC2=O)C1. The Morgan fingerprint density at radius 2 is 2.00 bits per heavy atom. The Morgan fingerprint density at radius 3 is 2.73 bits per heavy atom. The van der Waals surface area contributed by atoms with E-state index < -0.39 is 6.09 Å². The molecule has 0 atom stereocenters. The molecule has 0 bridgehead atoms. The molecule has 2 aliphatic heterocycles. The Hall–Kier alpha value is -2.83. The van der Waals surface area contributed by atoms with E-state index in [4.69, 9.17) is 0 Å². The molecule has 112 valence electrons. The first-order chi connectivity index (χ1) is 10.6. The van der Waals surface area contributed by atoms with Gasteiger partial charge in [0.2, 0.25) is 0 Å². The van der Waals surface area contributed by atoms with Crippen molar-refractivity contribution in [2.75, 3.05) is 19.7 Å². The highest BCUT2D eigenvalue weighted by molar-refractivity contribution is 6.07. The van der Waals surface area contributed by atoms with Gasteiger partial charge in [0.05, 0.1) is 11.6 Å². The first-order valence-electron chi connectivity index (χ1n) is 6.99. The molecule has 7 heteroatoms. The minimum absolute atomic E-state index is 0.103. The number of fused-ring (bicyclic) bond motifs is 1. The van der Waals surface area contributed by atoms with Gasteiger partial charge in [-0.25, -0.2) is 9.69 Å². The van der Waals surface area contributed by atoms with Gasteiger partial charge in [-0.3, -0.25) is 9.59 Å². The Labute approximate surface area is 125 Å². The first-order valence-corrected chi connectivity index (χ1v) is 6.99. The predicted molar refractivity (Wildman–Crippen MR) is 76.2 cm³/mol. The number of rotatable bonds is 2. The summed E-state index contributed by atoms with van der Waals surface area (Å²) in [5, 5.41) is 0.868. The number of para-hydroxylation sites is 1. The minimum Gasteiger partial charge on any atom is -0.439 e. The highest BCUT2D eigenvalue weighted by atomic mass is 16.6.